The molecule has 0 bridgehead atoms. The molecule has 0 aromatic heterocycles. The van der Waals surface area contributed by atoms with E-state index in [1.54, 1.807) is 30.4 Å². The molecule has 1 rings (SSSR count). The lowest BCUT2D eigenvalue weighted by Gasteiger charge is -1.98. The van der Waals surface area contributed by atoms with Crippen LogP contribution in [-0.2, 0) is 0 Å². The van der Waals surface area contributed by atoms with Crippen LogP contribution in [0.25, 0.3) is 0 Å². The van der Waals surface area contributed by atoms with E-state index in [1.165, 1.54) is 0 Å². The average Bonchev–Trinajstić information content (AvgIpc) is 2.69. The Labute approximate surface area is 165 Å². The van der Waals surface area contributed by atoms with Gasteiger partial charge in [0.1, 0.15) is 5.76 Å². The first-order valence-electron chi connectivity index (χ1n) is 9.06. The first kappa shape index (κ1) is 28.7. The Balaban J connectivity index is -0.000000341. The fraction of sp³-hybridized carbons (Fsp3) is 0.348. The molecule has 0 spiro atoms. The topological polar surface area (TPSA) is 37.3 Å². The van der Waals surface area contributed by atoms with Crippen LogP contribution >= 0.6 is 11.6 Å². The van der Waals surface area contributed by atoms with Gasteiger partial charge in [-0.3, -0.25) is 4.79 Å². The first-order valence-corrected chi connectivity index (χ1v) is 9.44. The van der Waals surface area contributed by atoms with Gasteiger partial charge in [-0.1, -0.05) is 88.7 Å². The van der Waals surface area contributed by atoms with Gasteiger partial charge >= 0.3 is 0 Å². The van der Waals surface area contributed by atoms with Crippen LogP contribution in [0.2, 0.25) is 5.02 Å². The maximum absolute atomic E-state index is 11.1. The van der Waals surface area contributed by atoms with Crippen LogP contribution in [0.3, 0.4) is 0 Å². The van der Waals surface area contributed by atoms with Gasteiger partial charge in [0.2, 0.25) is 0 Å². The molecule has 0 heterocycles. The summed E-state index contributed by atoms with van der Waals surface area (Å²) in [7, 11) is 0. The molecule has 0 radical (unpaired) electrons. The Hall–Kier alpha value is -2.06. The zero-order chi connectivity index (χ0) is 21.0. The van der Waals surface area contributed by atoms with Crippen molar-refractivity contribution < 1.29 is 9.90 Å². The van der Waals surface area contributed by atoms with Gasteiger partial charge in [0.15, 0.2) is 5.78 Å². The van der Waals surface area contributed by atoms with Crippen molar-refractivity contribution in [3.05, 3.63) is 83.1 Å². The van der Waals surface area contributed by atoms with E-state index in [1.807, 2.05) is 72.8 Å². The van der Waals surface area contributed by atoms with Crippen molar-refractivity contribution in [2.24, 2.45) is 0 Å². The number of aliphatic hydroxyl groups is 1. The fourth-order valence-corrected chi connectivity index (χ4v) is 1.61. The number of benzene rings is 1. The predicted molar refractivity (Wildman–Crippen MR) is 118 cm³/mol. The summed E-state index contributed by atoms with van der Waals surface area (Å²) in [5, 5.41) is 9.61. The summed E-state index contributed by atoms with van der Waals surface area (Å²) in [6.45, 7) is 17.2. The molecule has 2 nitrogen and oxygen atoms in total. The molecular weight excluding hydrogens is 344 g/mol. The van der Waals surface area contributed by atoms with E-state index >= 15 is 0 Å². The Kier molecular flexibility index (Phi) is 23.2. The van der Waals surface area contributed by atoms with Crippen LogP contribution in [0.15, 0.2) is 72.6 Å². The Morgan fingerprint density at radius 2 is 1.69 bits per heavy atom. The lowest BCUT2D eigenvalue weighted by molar-refractivity contribution is 0.0988. The van der Waals surface area contributed by atoms with E-state index in [0.29, 0.717) is 17.0 Å². The summed E-state index contributed by atoms with van der Waals surface area (Å²) in [4.78, 5) is 11.1. The molecule has 0 aliphatic rings. The molecule has 1 aromatic rings. The lowest BCUT2D eigenvalue weighted by atomic mass is 10.1. The van der Waals surface area contributed by atoms with Crippen molar-refractivity contribution in [2.75, 3.05) is 0 Å². The van der Waals surface area contributed by atoms with Gasteiger partial charge in [-0.15, -0.1) is 0 Å². The Morgan fingerprint density at radius 1 is 1.15 bits per heavy atom. The van der Waals surface area contributed by atoms with Crippen LogP contribution in [0.1, 0.15) is 65.2 Å². The normalized spacial score (nSPS) is 10.5. The monoisotopic (exact) mass is 378 g/mol. The van der Waals surface area contributed by atoms with E-state index in [0.717, 1.165) is 5.57 Å². The van der Waals surface area contributed by atoms with Crippen LogP contribution < -0.4 is 0 Å². The number of Topliss-reactive ketones (excluding diaryl/α,β-unsaturated/α-hetero) is 1. The minimum Gasteiger partial charge on any atom is -0.508 e. The van der Waals surface area contributed by atoms with Gasteiger partial charge in [0.25, 0.3) is 0 Å². The molecule has 0 saturated carbocycles. The molecule has 0 atom stereocenters. The minimum absolute atomic E-state index is 0.0931. The lowest BCUT2D eigenvalue weighted by Crippen LogP contribution is -1.96. The van der Waals surface area contributed by atoms with Gasteiger partial charge in [-0.2, -0.15) is 0 Å². The quantitative estimate of drug-likeness (QED) is 0.319. The number of rotatable bonds is 5. The zero-order valence-electron chi connectivity index (χ0n) is 17.3. The Bertz CT molecular complexity index is 582. The highest BCUT2D eigenvalue weighted by molar-refractivity contribution is 6.33. The van der Waals surface area contributed by atoms with Gasteiger partial charge in [0, 0.05) is 12.0 Å². The number of ketones is 1. The summed E-state index contributed by atoms with van der Waals surface area (Å²) >= 11 is 5.78. The largest absolute Gasteiger partial charge is 0.508 e. The molecular formula is C23H35ClO2. The summed E-state index contributed by atoms with van der Waals surface area (Å²) in [5.74, 6) is 0.316. The molecule has 0 aliphatic carbocycles. The van der Waals surface area contributed by atoms with Gasteiger partial charge < -0.3 is 5.11 Å². The standard InChI is InChI=1S/C10H14O.C9H9ClO.2C2H6/c1-4-6-10(11)8-7-9(3)5-2;1-2-9(11)7-5-3-4-6-8(7)10;2*1-2/h4-8,11H,1H2,2-3H3;3-6H,2H2,1H3;2*1-2H3/b8-7+,9-5+,10-6-;;;. The SMILES string of the molecule is C=C/C=C(O)/C=C/C(C)=C/C.CC.CC.CCC(=O)c1ccccc1Cl. The molecule has 0 aliphatic heterocycles. The number of hydrogen-bond acceptors (Lipinski definition) is 2. The average molecular weight is 379 g/mol. The number of hydrogen-bond donors (Lipinski definition) is 1. The second-order valence-corrected chi connectivity index (χ2v) is 4.86. The first-order chi connectivity index (χ1) is 12.5. The molecule has 1 N–H and O–H groups in total. The summed E-state index contributed by atoms with van der Waals surface area (Å²) in [5.41, 5.74) is 1.74. The van der Waals surface area contributed by atoms with Crippen molar-refractivity contribution in [3.8, 4) is 0 Å². The number of halogens is 1. The maximum atomic E-state index is 11.1. The van der Waals surface area contributed by atoms with Crippen LogP contribution in [0, 0.1) is 0 Å². The predicted octanol–water partition coefficient (Wildman–Crippen LogP) is 8.12. The summed E-state index contributed by atoms with van der Waals surface area (Å²) in [6, 6.07) is 7.10. The van der Waals surface area contributed by atoms with E-state index < -0.39 is 0 Å². The zero-order valence-corrected chi connectivity index (χ0v) is 18.1. The molecule has 0 amide bonds. The van der Waals surface area contributed by atoms with E-state index in [-0.39, 0.29) is 11.5 Å². The number of aliphatic hydroxyl groups excluding tert-OH is 1. The van der Waals surface area contributed by atoms with E-state index in [9.17, 15) is 4.79 Å². The molecule has 26 heavy (non-hydrogen) atoms. The van der Waals surface area contributed by atoms with Crippen molar-refractivity contribution in [1.82, 2.24) is 0 Å². The molecule has 3 heteroatoms. The second kappa shape index (κ2) is 21.0. The third-order valence-electron chi connectivity index (χ3n) is 2.76. The molecule has 0 fully saturated rings. The highest BCUT2D eigenvalue weighted by atomic mass is 35.5. The Morgan fingerprint density at radius 3 is 2.12 bits per heavy atom. The molecule has 1 aromatic carbocycles. The van der Waals surface area contributed by atoms with E-state index in [2.05, 4.69) is 6.58 Å². The van der Waals surface area contributed by atoms with Crippen molar-refractivity contribution >= 4 is 17.4 Å². The van der Waals surface area contributed by atoms with Gasteiger partial charge in [-0.25, -0.2) is 0 Å². The summed E-state index contributed by atoms with van der Waals surface area (Å²) in [6.07, 6.45) is 9.04. The van der Waals surface area contributed by atoms with Crippen LogP contribution in [-0.4, -0.2) is 10.9 Å². The highest BCUT2D eigenvalue weighted by Crippen LogP contribution is 2.16. The molecule has 0 saturated heterocycles. The van der Waals surface area contributed by atoms with Crippen LogP contribution in [0.4, 0.5) is 0 Å². The van der Waals surface area contributed by atoms with Crippen LogP contribution in [0.5, 0.6) is 0 Å². The van der Waals surface area contributed by atoms with Gasteiger partial charge in [-0.05, 0) is 38.1 Å². The number of carbonyl (C=O) groups is 1. The highest BCUT2D eigenvalue weighted by Gasteiger charge is 2.05. The fourth-order valence-electron chi connectivity index (χ4n) is 1.37. The summed E-state index contributed by atoms with van der Waals surface area (Å²) < 4.78 is 0. The van der Waals surface area contributed by atoms with Crippen molar-refractivity contribution in [3.63, 3.8) is 0 Å². The smallest absolute Gasteiger partial charge is 0.164 e. The number of allylic oxidation sites excluding steroid dienone is 6. The van der Waals surface area contributed by atoms with Gasteiger partial charge in [0.05, 0.1) is 5.02 Å². The third-order valence-corrected chi connectivity index (χ3v) is 3.09. The van der Waals surface area contributed by atoms with E-state index in [4.69, 9.17) is 16.7 Å². The van der Waals surface area contributed by atoms with Crippen molar-refractivity contribution in [1.29, 1.82) is 0 Å². The molecule has 0 unspecified atom stereocenters. The number of carbonyl (C=O) groups excluding carboxylic acids is 1. The maximum Gasteiger partial charge on any atom is 0.164 e. The third kappa shape index (κ3) is 15.5. The second-order valence-electron chi connectivity index (χ2n) is 4.45. The minimum atomic E-state index is 0.0931. The van der Waals surface area contributed by atoms with Crippen molar-refractivity contribution in [2.45, 2.75) is 54.9 Å². The molecule has 146 valence electrons.